The van der Waals surface area contributed by atoms with Crippen LogP contribution in [0.25, 0.3) is 22.2 Å². The van der Waals surface area contributed by atoms with Crippen LogP contribution >= 0.6 is 0 Å². The van der Waals surface area contributed by atoms with Crippen LogP contribution in [0.4, 0.5) is 5.82 Å². The van der Waals surface area contributed by atoms with Crippen molar-refractivity contribution in [3.05, 3.63) is 36.8 Å². The largest absolute Gasteiger partial charge is 0.491 e. The maximum atomic E-state index is 9.98. The summed E-state index contributed by atoms with van der Waals surface area (Å²) < 4.78 is 21.1. The number of anilines is 1. The van der Waals surface area contributed by atoms with Crippen LogP contribution in [0.2, 0.25) is 19.6 Å². The first-order valence-corrected chi connectivity index (χ1v) is 17.2. The normalized spacial score (nSPS) is 29.0. The minimum absolute atomic E-state index is 0.117. The predicted molar refractivity (Wildman–Crippen MR) is 149 cm³/mol. The Kier molecular flexibility index (Phi) is 6.25. The molecule has 9 heteroatoms. The summed E-state index contributed by atoms with van der Waals surface area (Å²) in [5.74, 6) is 1.29. The lowest BCUT2D eigenvalue weighted by molar-refractivity contribution is -0.0198. The minimum Gasteiger partial charge on any atom is -0.491 e. The second-order valence-electron chi connectivity index (χ2n) is 12.3. The summed E-state index contributed by atoms with van der Waals surface area (Å²) in [6, 6.07) is 10.9. The Labute approximate surface area is 225 Å². The van der Waals surface area contributed by atoms with Crippen LogP contribution in [-0.2, 0) is 9.16 Å². The van der Waals surface area contributed by atoms with E-state index in [1.807, 2.05) is 12.1 Å². The van der Waals surface area contributed by atoms with Gasteiger partial charge in [0.05, 0.1) is 17.6 Å². The molecule has 200 valence electrons. The second-order valence-corrected chi connectivity index (χ2v) is 16.7. The summed E-state index contributed by atoms with van der Waals surface area (Å²) in [6.07, 6.45) is 11.7. The number of aromatic nitrogens is 3. The smallest absolute Gasteiger partial charge is 0.185 e. The Hall–Kier alpha value is -2.93. The van der Waals surface area contributed by atoms with Gasteiger partial charge < -0.3 is 24.2 Å². The van der Waals surface area contributed by atoms with E-state index in [9.17, 15) is 5.26 Å². The van der Waals surface area contributed by atoms with Gasteiger partial charge in [-0.2, -0.15) is 5.26 Å². The maximum Gasteiger partial charge on any atom is 0.185 e. The highest BCUT2D eigenvalue weighted by Gasteiger charge is 2.46. The molecule has 38 heavy (non-hydrogen) atoms. The van der Waals surface area contributed by atoms with E-state index in [1.54, 1.807) is 0 Å². The van der Waals surface area contributed by atoms with Crippen molar-refractivity contribution in [2.45, 2.75) is 94.4 Å². The molecule has 2 bridgehead atoms. The van der Waals surface area contributed by atoms with Gasteiger partial charge in [0, 0.05) is 17.8 Å². The van der Waals surface area contributed by atoms with Crippen molar-refractivity contribution in [1.82, 2.24) is 14.5 Å². The van der Waals surface area contributed by atoms with Gasteiger partial charge in [-0.15, -0.1) is 0 Å². The number of benzene rings is 1. The van der Waals surface area contributed by atoms with Crippen molar-refractivity contribution in [3.8, 4) is 22.9 Å². The Bertz CT molecular complexity index is 1380. The van der Waals surface area contributed by atoms with Gasteiger partial charge in [-0.3, -0.25) is 0 Å². The lowest BCUT2D eigenvalue weighted by atomic mass is 9.83. The number of nitrogen functional groups attached to an aromatic ring is 1. The lowest BCUT2D eigenvalue weighted by Crippen LogP contribution is -2.44. The van der Waals surface area contributed by atoms with Crippen molar-refractivity contribution in [3.63, 3.8) is 0 Å². The average molecular weight is 532 g/mol. The standard InChI is InChI=1S/C29H37N5O3Si/c1-38(2,3)37-28(17-30)11-7-21(8-12-28)34-16-24(25-26(31)32-19-33-27(25)34)20-5-4-6-23(15-20)35-18-29-13-9-22(36-29)10-14-29/h4-6,15-16,19,21-22H,7-14,18H2,1-3H3,(H2,31,32,33). The molecule has 6 rings (SSSR count). The van der Waals surface area contributed by atoms with Gasteiger partial charge in [0.15, 0.2) is 8.32 Å². The maximum absolute atomic E-state index is 9.98. The Morgan fingerprint density at radius 1 is 1.13 bits per heavy atom. The second kappa shape index (κ2) is 9.37. The molecular weight excluding hydrogens is 494 g/mol. The first-order valence-electron chi connectivity index (χ1n) is 13.8. The molecule has 1 aromatic carbocycles. The van der Waals surface area contributed by atoms with Crippen LogP contribution < -0.4 is 10.5 Å². The topological polar surface area (TPSA) is 108 Å². The first kappa shape index (κ1) is 25.4. The van der Waals surface area contributed by atoms with E-state index in [2.05, 4.69) is 58.6 Å². The Morgan fingerprint density at radius 3 is 2.55 bits per heavy atom. The van der Waals surface area contributed by atoms with E-state index in [0.29, 0.717) is 31.4 Å². The fourth-order valence-electron chi connectivity index (χ4n) is 6.63. The van der Waals surface area contributed by atoms with Crippen LogP contribution in [0.15, 0.2) is 36.8 Å². The first-order chi connectivity index (χ1) is 18.2. The van der Waals surface area contributed by atoms with E-state index in [-0.39, 0.29) is 11.6 Å². The molecule has 0 unspecified atom stereocenters. The monoisotopic (exact) mass is 531 g/mol. The summed E-state index contributed by atoms with van der Waals surface area (Å²) in [4.78, 5) is 8.96. The number of nitrogens with two attached hydrogens (primary N) is 1. The van der Waals surface area contributed by atoms with E-state index in [1.165, 1.54) is 6.33 Å². The highest BCUT2D eigenvalue weighted by atomic mass is 28.4. The minimum atomic E-state index is -1.84. The molecule has 0 radical (unpaired) electrons. The number of fused-ring (bicyclic) bond motifs is 3. The van der Waals surface area contributed by atoms with E-state index in [4.69, 9.17) is 19.6 Å². The van der Waals surface area contributed by atoms with Gasteiger partial charge in [-0.25, -0.2) is 9.97 Å². The number of nitrogens with zero attached hydrogens (tertiary/aromatic N) is 4. The van der Waals surface area contributed by atoms with Crippen molar-refractivity contribution < 1.29 is 13.9 Å². The fourth-order valence-corrected chi connectivity index (χ4v) is 8.05. The summed E-state index contributed by atoms with van der Waals surface area (Å²) in [7, 11) is -1.84. The average Bonchev–Trinajstić information content (AvgIpc) is 3.61. The third kappa shape index (κ3) is 4.70. The molecule has 3 fully saturated rings. The van der Waals surface area contributed by atoms with E-state index in [0.717, 1.165) is 66.4 Å². The molecule has 0 atom stereocenters. The van der Waals surface area contributed by atoms with Crippen molar-refractivity contribution in [1.29, 1.82) is 5.26 Å². The summed E-state index contributed by atoms with van der Waals surface area (Å²) in [5, 5.41) is 10.8. The number of nitriles is 1. The summed E-state index contributed by atoms with van der Waals surface area (Å²) in [6.45, 7) is 7.02. The highest BCUT2D eigenvalue weighted by molar-refractivity contribution is 6.69. The van der Waals surface area contributed by atoms with Crippen molar-refractivity contribution in [2.24, 2.45) is 0 Å². The van der Waals surface area contributed by atoms with E-state index < -0.39 is 13.9 Å². The Morgan fingerprint density at radius 2 is 1.89 bits per heavy atom. The lowest BCUT2D eigenvalue weighted by Gasteiger charge is -2.39. The van der Waals surface area contributed by atoms with Crippen LogP contribution in [0.5, 0.6) is 5.75 Å². The summed E-state index contributed by atoms with van der Waals surface area (Å²) in [5.41, 5.74) is 8.46. The van der Waals surface area contributed by atoms with Gasteiger partial charge in [-0.05, 0) is 88.7 Å². The molecule has 4 heterocycles. The third-order valence-electron chi connectivity index (χ3n) is 8.41. The van der Waals surface area contributed by atoms with Gasteiger partial charge >= 0.3 is 0 Å². The zero-order chi connectivity index (χ0) is 26.5. The highest BCUT2D eigenvalue weighted by Crippen LogP contribution is 2.45. The molecule has 2 N–H and O–H groups in total. The van der Waals surface area contributed by atoms with Gasteiger partial charge in [0.1, 0.15) is 41.4 Å². The molecule has 0 spiro atoms. The van der Waals surface area contributed by atoms with E-state index >= 15 is 0 Å². The Balaban J connectivity index is 1.27. The number of ether oxygens (including phenoxy) is 2. The van der Waals surface area contributed by atoms with Crippen LogP contribution in [-0.4, -0.2) is 46.8 Å². The third-order valence-corrected chi connectivity index (χ3v) is 9.41. The van der Waals surface area contributed by atoms with Crippen LogP contribution in [0.3, 0.4) is 0 Å². The van der Waals surface area contributed by atoms with Crippen LogP contribution in [0, 0.1) is 11.3 Å². The predicted octanol–water partition coefficient (Wildman–Crippen LogP) is 6.00. The molecule has 3 aromatic rings. The SMILES string of the molecule is C[Si](C)(C)OC1(C#N)CCC(n2cc(-c3cccc(OCC45CCC(CC4)O5)c3)c3c(N)ncnc32)CC1. The van der Waals surface area contributed by atoms with Crippen molar-refractivity contribution in [2.75, 3.05) is 12.3 Å². The molecule has 2 aromatic heterocycles. The molecule has 2 aliphatic heterocycles. The van der Waals surface area contributed by atoms with Crippen molar-refractivity contribution >= 4 is 25.2 Å². The van der Waals surface area contributed by atoms with Gasteiger partial charge in [0.2, 0.25) is 0 Å². The number of hydrogen-bond donors (Lipinski definition) is 1. The molecule has 3 aliphatic rings. The number of rotatable bonds is 7. The molecule has 1 aliphatic carbocycles. The van der Waals surface area contributed by atoms with Gasteiger partial charge in [0.25, 0.3) is 0 Å². The zero-order valence-electron chi connectivity index (χ0n) is 22.6. The molecule has 8 nitrogen and oxygen atoms in total. The molecule has 2 saturated heterocycles. The molecular formula is C29H37N5O3Si. The van der Waals surface area contributed by atoms with Crippen LogP contribution in [0.1, 0.15) is 57.4 Å². The molecule has 1 saturated carbocycles. The molecule has 0 amide bonds. The fraction of sp³-hybridized carbons (Fsp3) is 0.552. The number of hydrogen-bond acceptors (Lipinski definition) is 7. The zero-order valence-corrected chi connectivity index (χ0v) is 23.6. The van der Waals surface area contributed by atoms with Gasteiger partial charge in [-0.1, -0.05) is 12.1 Å². The quantitative estimate of drug-likeness (QED) is 0.373. The summed E-state index contributed by atoms with van der Waals surface area (Å²) >= 11 is 0.